The third kappa shape index (κ3) is 4.18. The molecule has 2 aliphatic heterocycles. The molecule has 1 amide bonds. The van der Waals surface area contributed by atoms with Gasteiger partial charge in [0.05, 0.1) is 12.0 Å². The lowest BCUT2D eigenvalue weighted by molar-refractivity contribution is -0.149. The van der Waals surface area contributed by atoms with E-state index in [1.54, 1.807) is 7.11 Å². The van der Waals surface area contributed by atoms with Gasteiger partial charge in [0.25, 0.3) is 0 Å². The Balaban J connectivity index is 1.93. The molecule has 0 aromatic heterocycles. The Labute approximate surface area is 129 Å². The molecule has 1 N–H and O–H groups in total. The molecule has 5 heteroatoms. The van der Waals surface area contributed by atoms with E-state index >= 15 is 0 Å². The molecule has 0 aromatic rings. The number of amides is 1. The minimum atomic E-state index is -0.291. The first-order valence-electron chi connectivity index (χ1n) is 8.29. The van der Waals surface area contributed by atoms with Crippen LogP contribution in [0.15, 0.2) is 0 Å². The standard InChI is InChI=1S/C16H31N3O2/c1-14(2)12-18-8-10-19(11-9-18)15(20)16(13-21-3)4-6-17-7-5-16/h14,17H,4-13H2,1-3H3. The fraction of sp³-hybridized carbons (Fsp3) is 0.938. The number of carbonyl (C=O) groups excluding carboxylic acids is 1. The number of nitrogens with zero attached hydrogens (tertiary/aromatic N) is 2. The fourth-order valence-corrected chi connectivity index (χ4v) is 3.59. The maximum absolute atomic E-state index is 13.0. The van der Waals surface area contributed by atoms with Crippen molar-refractivity contribution in [2.45, 2.75) is 26.7 Å². The highest BCUT2D eigenvalue weighted by Crippen LogP contribution is 2.32. The van der Waals surface area contributed by atoms with Crippen LogP contribution in [-0.2, 0) is 9.53 Å². The molecule has 0 aromatic carbocycles. The third-order valence-electron chi connectivity index (χ3n) is 4.72. The van der Waals surface area contributed by atoms with E-state index in [9.17, 15) is 4.79 Å². The molecule has 5 nitrogen and oxygen atoms in total. The SMILES string of the molecule is COCC1(C(=O)N2CCN(CC(C)C)CC2)CCNCC1. The molecule has 0 aliphatic carbocycles. The summed E-state index contributed by atoms with van der Waals surface area (Å²) in [5, 5.41) is 3.35. The highest BCUT2D eigenvalue weighted by molar-refractivity contribution is 5.83. The Bertz CT molecular complexity index is 327. The molecule has 2 fully saturated rings. The molecule has 0 unspecified atom stereocenters. The fourth-order valence-electron chi connectivity index (χ4n) is 3.59. The monoisotopic (exact) mass is 297 g/mol. The summed E-state index contributed by atoms with van der Waals surface area (Å²) in [5.74, 6) is 1.01. The van der Waals surface area contributed by atoms with Crippen LogP contribution in [0, 0.1) is 11.3 Å². The van der Waals surface area contributed by atoms with E-state index in [0.29, 0.717) is 18.4 Å². The van der Waals surface area contributed by atoms with Gasteiger partial charge < -0.3 is 15.0 Å². The first kappa shape index (κ1) is 16.7. The van der Waals surface area contributed by atoms with E-state index in [0.717, 1.165) is 58.7 Å². The number of methoxy groups -OCH3 is 1. The normalized spacial score (nSPS) is 23.5. The van der Waals surface area contributed by atoms with Crippen molar-refractivity contribution in [1.29, 1.82) is 0 Å². The van der Waals surface area contributed by atoms with Gasteiger partial charge in [0.1, 0.15) is 0 Å². The lowest BCUT2D eigenvalue weighted by Gasteiger charge is -2.43. The van der Waals surface area contributed by atoms with Crippen LogP contribution in [0.4, 0.5) is 0 Å². The number of nitrogens with one attached hydrogen (secondary N) is 1. The molecule has 2 rings (SSSR count). The maximum Gasteiger partial charge on any atom is 0.231 e. The van der Waals surface area contributed by atoms with Gasteiger partial charge in [-0.1, -0.05) is 13.8 Å². The Morgan fingerprint density at radius 1 is 1.19 bits per heavy atom. The smallest absolute Gasteiger partial charge is 0.231 e. The molecule has 2 aliphatic rings. The van der Waals surface area contributed by atoms with Crippen LogP contribution < -0.4 is 5.32 Å². The molecule has 21 heavy (non-hydrogen) atoms. The summed E-state index contributed by atoms with van der Waals surface area (Å²) < 4.78 is 5.38. The number of hydrogen-bond acceptors (Lipinski definition) is 4. The van der Waals surface area contributed by atoms with Crippen LogP contribution in [0.3, 0.4) is 0 Å². The van der Waals surface area contributed by atoms with E-state index in [2.05, 4.69) is 29.0 Å². The van der Waals surface area contributed by atoms with Crippen molar-refractivity contribution in [1.82, 2.24) is 15.1 Å². The van der Waals surface area contributed by atoms with Crippen LogP contribution in [0.5, 0.6) is 0 Å². The quantitative estimate of drug-likeness (QED) is 0.815. The summed E-state index contributed by atoms with van der Waals surface area (Å²) in [5.41, 5.74) is -0.291. The van der Waals surface area contributed by atoms with Crippen molar-refractivity contribution in [3.8, 4) is 0 Å². The summed E-state index contributed by atoms with van der Waals surface area (Å²) in [6.45, 7) is 11.8. The molecule has 0 saturated carbocycles. The zero-order chi connectivity index (χ0) is 15.3. The molecular formula is C16H31N3O2. The van der Waals surface area contributed by atoms with Crippen LogP contribution in [0.25, 0.3) is 0 Å². The average molecular weight is 297 g/mol. The number of hydrogen-bond donors (Lipinski definition) is 1. The van der Waals surface area contributed by atoms with E-state index < -0.39 is 0 Å². The second-order valence-corrected chi connectivity index (χ2v) is 6.95. The van der Waals surface area contributed by atoms with Crippen molar-refractivity contribution >= 4 is 5.91 Å². The zero-order valence-corrected chi connectivity index (χ0v) is 13.9. The molecule has 0 bridgehead atoms. The van der Waals surface area contributed by atoms with E-state index in [1.807, 2.05) is 0 Å². The molecular weight excluding hydrogens is 266 g/mol. The number of ether oxygens (including phenoxy) is 1. The lowest BCUT2D eigenvalue weighted by atomic mass is 9.78. The molecule has 2 saturated heterocycles. The van der Waals surface area contributed by atoms with Crippen molar-refractivity contribution in [2.75, 3.05) is 59.5 Å². The van der Waals surface area contributed by atoms with Gasteiger partial charge in [-0.2, -0.15) is 0 Å². The Morgan fingerprint density at radius 3 is 2.33 bits per heavy atom. The summed E-state index contributed by atoms with van der Waals surface area (Å²) in [4.78, 5) is 17.5. The van der Waals surface area contributed by atoms with Crippen molar-refractivity contribution < 1.29 is 9.53 Å². The van der Waals surface area contributed by atoms with Crippen LogP contribution >= 0.6 is 0 Å². The lowest BCUT2D eigenvalue weighted by Crippen LogP contribution is -2.56. The number of piperazine rings is 1. The largest absolute Gasteiger partial charge is 0.384 e. The van der Waals surface area contributed by atoms with E-state index in [1.165, 1.54) is 0 Å². The predicted molar refractivity (Wildman–Crippen MR) is 84.3 cm³/mol. The predicted octanol–water partition coefficient (Wildman–Crippen LogP) is 0.803. The van der Waals surface area contributed by atoms with Gasteiger partial charge in [0.2, 0.25) is 5.91 Å². The van der Waals surface area contributed by atoms with E-state index in [4.69, 9.17) is 4.74 Å². The topological polar surface area (TPSA) is 44.8 Å². The summed E-state index contributed by atoms with van der Waals surface area (Å²) in [6.07, 6.45) is 1.79. The number of rotatable bonds is 5. The first-order valence-corrected chi connectivity index (χ1v) is 8.29. The van der Waals surface area contributed by atoms with Gasteiger partial charge in [0, 0.05) is 39.8 Å². The van der Waals surface area contributed by atoms with Gasteiger partial charge in [-0.05, 0) is 31.8 Å². The summed E-state index contributed by atoms with van der Waals surface area (Å²) in [7, 11) is 1.71. The van der Waals surface area contributed by atoms with Gasteiger partial charge >= 0.3 is 0 Å². The number of carbonyl (C=O) groups is 1. The molecule has 2 heterocycles. The van der Waals surface area contributed by atoms with Crippen LogP contribution in [-0.4, -0.2) is 75.2 Å². The Morgan fingerprint density at radius 2 is 1.81 bits per heavy atom. The van der Waals surface area contributed by atoms with Gasteiger partial charge in [0.15, 0.2) is 0 Å². The number of piperidine rings is 1. The first-order chi connectivity index (χ1) is 10.1. The van der Waals surface area contributed by atoms with Crippen LogP contribution in [0.2, 0.25) is 0 Å². The summed E-state index contributed by atoms with van der Waals surface area (Å²) >= 11 is 0. The van der Waals surface area contributed by atoms with Gasteiger partial charge in [-0.25, -0.2) is 0 Å². The molecule has 122 valence electrons. The highest BCUT2D eigenvalue weighted by atomic mass is 16.5. The highest BCUT2D eigenvalue weighted by Gasteiger charge is 2.42. The van der Waals surface area contributed by atoms with Crippen molar-refractivity contribution in [3.63, 3.8) is 0 Å². The average Bonchev–Trinajstić information content (AvgIpc) is 2.48. The van der Waals surface area contributed by atoms with Gasteiger partial charge in [-0.15, -0.1) is 0 Å². The molecule has 0 atom stereocenters. The van der Waals surface area contributed by atoms with Crippen molar-refractivity contribution in [2.24, 2.45) is 11.3 Å². The van der Waals surface area contributed by atoms with Crippen molar-refractivity contribution in [3.05, 3.63) is 0 Å². The molecule has 0 radical (unpaired) electrons. The van der Waals surface area contributed by atoms with Crippen LogP contribution in [0.1, 0.15) is 26.7 Å². The second-order valence-electron chi connectivity index (χ2n) is 6.95. The Hall–Kier alpha value is -0.650. The Kier molecular flexibility index (Phi) is 6.02. The third-order valence-corrected chi connectivity index (χ3v) is 4.72. The van der Waals surface area contributed by atoms with E-state index in [-0.39, 0.29) is 5.41 Å². The second kappa shape index (κ2) is 7.56. The molecule has 0 spiro atoms. The minimum absolute atomic E-state index is 0.291. The minimum Gasteiger partial charge on any atom is -0.384 e. The summed E-state index contributed by atoms with van der Waals surface area (Å²) in [6, 6.07) is 0. The van der Waals surface area contributed by atoms with Gasteiger partial charge in [-0.3, -0.25) is 9.69 Å². The maximum atomic E-state index is 13.0. The zero-order valence-electron chi connectivity index (χ0n) is 13.9.